The Balaban J connectivity index is 2.48. The maximum Gasteiger partial charge on any atom is 0.322 e. The number of nitrogens with one attached hydrogen (secondary N) is 1. The Labute approximate surface area is 90.1 Å². The molecule has 0 radical (unpaired) electrons. The number of sulfone groups is 1. The summed E-state index contributed by atoms with van der Waals surface area (Å²) in [5.74, 6) is 0.0181. The number of ether oxygens (including phenoxy) is 1. The number of rotatable bonds is 3. The number of methoxy groups -OCH3 is 1. The van der Waals surface area contributed by atoms with Gasteiger partial charge in [0.25, 0.3) is 0 Å². The van der Waals surface area contributed by atoms with Crippen LogP contribution in [0.2, 0.25) is 0 Å². The summed E-state index contributed by atoms with van der Waals surface area (Å²) < 4.78 is 27.2. The molecular formula is C9H17NO4S. The van der Waals surface area contributed by atoms with Gasteiger partial charge in [-0.2, -0.15) is 0 Å². The second kappa shape index (κ2) is 4.94. The summed E-state index contributed by atoms with van der Waals surface area (Å²) in [6, 6.07) is -0.578. The molecule has 0 aromatic rings. The quantitative estimate of drug-likeness (QED) is 0.681. The van der Waals surface area contributed by atoms with E-state index in [0.29, 0.717) is 6.42 Å². The third kappa shape index (κ3) is 3.79. The Morgan fingerprint density at radius 3 is 2.73 bits per heavy atom. The summed E-state index contributed by atoms with van der Waals surface area (Å²) in [5.41, 5.74) is 0. The third-order valence-corrected chi connectivity index (χ3v) is 4.32. The third-order valence-electron chi connectivity index (χ3n) is 2.50. The van der Waals surface area contributed by atoms with Gasteiger partial charge in [-0.1, -0.05) is 0 Å². The second-order valence-corrected chi connectivity index (χ2v) is 6.09. The van der Waals surface area contributed by atoms with Crippen LogP contribution in [-0.2, 0) is 19.4 Å². The van der Waals surface area contributed by atoms with Crippen molar-refractivity contribution in [2.75, 3.05) is 18.6 Å². The highest BCUT2D eigenvalue weighted by Crippen LogP contribution is 2.12. The van der Waals surface area contributed by atoms with Gasteiger partial charge in [0.05, 0.1) is 18.6 Å². The van der Waals surface area contributed by atoms with Gasteiger partial charge in [-0.25, -0.2) is 8.42 Å². The van der Waals surface area contributed by atoms with Crippen LogP contribution in [0.25, 0.3) is 0 Å². The minimum absolute atomic E-state index is 0.119. The van der Waals surface area contributed by atoms with Gasteiger partial charge in [-0.05, 0) is 19.8 Å². The minimum Gasteiger partial charge on any atom is -0.468 e. The van der Waals surface area contributed by atoms with E-state index in [1.807, 2.05) is 0 Å². The van der Waals surface area contributed by atoms with Crippen molar-refractivity contribution in [1.82, 2.24) is 5.32 Å². The van der Waals surface area contributed by atoms with Crippen molar-refractivity contribution in [3.05, 3.63) is 0 Å². The summed E-state index contributed by atoms with van der Waals surface area (Å²) in [4.78, 5) is 11.1. The molecule has 2 atom stereocenters. The summed E-state index contributed by atoms with van der Waals surface area (Å²) in [6.07, 6.45) is 1.45. The molecule has 1 saturated heterocycles. The lowest BCUT2D eigenvalue weighted by Gasteiger charge is -2.25. The standard InChI is InChI=1S/C9H17NO4S/c1-7(9(11)14-2)10-8-4-3-5-15(12,13)6-8/h7-8,10H,3-6H2,1-2H3. The Morgan fingerprint density at radius 2 is 2.20 bits per heavy atom. The first kappa shape index (κ1) is 12.4. The van der Waals surface area contributed by atoms with Crippen molar-refractivity contribution in [2.24, 2.45) is 0 Å². The average molecular weight is 235 g/mol. The molecule has 0 saturated carbocycles. The average Bonchev–Trinajstić information content (AvgIpc) is 2.14. The van der Waals surface area contributed by atoms with Crippen molar-refractivity contribution in [2.45, 2.75) is 31.8 Å². The van der Waals surface area contributed by atoms with Crippen molar-refractivity contribution >= 4 is 15.8 Å². The molecule has 1 N–H and O–H groups in total. The molecule has 0 aliphatic carbocycles. The summed E-state index contributed by atoms with van der Waals surface area (Å²) >= 11 is 0. The number of hydrogen-bond acceptors (Lipinski definition) is 5. The molecule has 1 fully saturated rings. The molecule has 6 heteroatoms. The molecule has 0 amide bonds. The Bertz CT molecular complexity index is 325. The van der Waals surface area contributed by atoms with E-state index in [4.69, 9.17) is 0 Å². The highest BCUT2D eigenvalue weighted by molar-refractivity contribution is 7.91. The van der Waals surface area contributed by atoms with Crippen molar-refractivity contribution in [3.63, 3.8) is 0 Å². The van der Waals surface area contributed by atoms with Gasteiger partial charge in [0.1, 0.15) is 6.04 Å². The van der Waals surface area contributed by atoms with Crippen LogP contribution < -0.4 is 5.32 Å². The predicted molar refractivity (Wildman–Crippen MR) is 56.3 cm³/mol. The lowest BCUT2D eigenvalue weighted by Crippen LogP contribution is -2.47. The predicted octanol–water partition coefficient (Wildman–Crippen LogP) is -0.285. The molecule has 1 aliphatic heterocycles. The maximum absolute atomic E-state index is 11.3. The molecule has 1 aliphatic rings. The van der Waals surface area contributed by atoms with Gasteiger partial charge in [0.2, 0.25) is 0 Å². The van der Waals surface area contributed by atoms with E-state index in [1.54, 1.807) is 6.92 Å². The molecule has 0 aromatic heterocycles. The van der Waals surface area contributed by atoms with E-state index in [1.165, 1.54) is 7.11 Å². The molecule has 1 heterocycles. The van der Waals surface area contributed by atoms with Crippen LogP contribution in [0, 0.1) is 0 Å². The van der Waals surface area contributed by atoms with E-state index < -0.39 is 15.9 Å². The fourth-order valence-corrected chi connectivity index (χ4v) is 3.40. The molecule has 1 rings (SSSR count). The topological polar surface area (TPSA) is 72.5 Å². The number of hydrogen-bond donors (Lipinski definition) is 1. The number of carbonyl (C=O) groups excluding carboxylic acids is 1. The summed E-state index contributed by atoms with van der Waals surface area (Å²) in [6.45, 7) is 1.67. The Morgan fingerprint density at radius 1 is 1.53 bits per heavy atom. The molecule has 0 aromatic carbocycles. The zero-order chi connectivity index (χ0) is 11.5. The Hall–Kier alpha value is -0.620. The SMILES string of the molecule is COC(=O)C(C)NC1CCCS(=O)(=O)C1. The van der Waals surface area contributed by atoms with Gasteiger partial charge in [0.15, 0.2) is 9.84 Å². The zero-order valence-corrected chi connectivity index (χ0v) is 9.84. The largest absolute Gasteiger partial charge is 0.468 e. The van der Waals surface area contributed by atoms with E-state index in [9.17, 15) is 13.2 Å². The molecular weight excluding hydrogens is 218 g/mol. The molecule has 5 nitrogen and oxygen atoms in total. The molecule has 88 valence electrons. The highest BCUT2D eigenvalue weighted by atomic mass is 32.2. The van der Waals surface area contributed by atoms with Gasteiger partial charge in [-0.3, -0.25) is 4.79 Å². The van der Waals surface area contributed by atoms with E-state index >= 15 is 0 Å². The van der Waals surface area contributed by atoms with Crippen molar-refractivity contribution < 1.29 is 17.9 Å². The van der Waals surface area contributed by atoms with Crippen LogP contribution in [0.15, 0.2) is 0 Å². The monoisotopic (exact) mass is 235 g/mol. The van der Waals surface area contributed by atoms with Crippen LogP contribution in [-0.4, -0.2) is 45.1 Å². The van der Waals surface area contributed by atoms with Crippen LogP contribution in [0.3, 0.4) is 0 Å². The van der Waals surface area contributed by atoms with Crippen molar-refractivity contribution in [3.8, 4) is 0 Å². The normalized spacial score (nSPS) is 26.9. The second-order valence-electron chi connectivity index (χ2n) is 3.87. The molecule has 15 heavy (non-hydrogen) atoms. The van der Waals surface area contributed by atoms with Crippen LogP contribution in [0.1, 0.15) is 19.8 Å². The maximum atomic E-state index is 11.3. The van der Waals surface area contributed by atoms with Gasteiger partial charge >= 0.3 is 5.97 Å². The fourth-order valence-electron chi connectivity index (χ4n) is 1.75. The lowest BCUT2D eigenvalue weighted by atomic mass is 10.1. The minimum atomic E-state index is -2.92. The molecule has 2 unspecified atom stereocenters. The van der Waals surface area contributed by atoms with Gasteiger partial charge < -0.3 is 10.1 Å². The van der Waals surface area contributed by atoms with Gasteiger partial charge in [0, 0.05) is 6.04 Å². The molecule has 0 spiro atoms. The Kier molecular flexibility index (Phi) is 4.10. The first-order chi connectivity index (χ1) is 6.94. The van der Waals surface area contributed by atoms with E-state index in [0.717, 1.165) is 6.42 Å². The fraction of sp³-hybridized carbons (Fsp3) is 0.889. The van der Waals surface area contributed by atoms with Crippen LogP contribution in [0.4, 0.5) is 0 Å². The van der Waals surface area contributed by atoms with Crippen LogP contribution in [0.5, 0.6) is 0 Å². The molecule has 0 bridgehead atoms. The van der Waals surface area contributed by atoms with E-state index in [2.05, 4.69) is 10.1 Å². The highest BCUT2D eigenvalue weighted by Gasteiger charge is 2.27. The van der Waals surface area contributed by atoms with E-state index in [-0.39, 0.29) is 23.5 Å². The first-order valence-corrected chi connectivity index (χ1v) is 6.81. The number of carbonyl (C=O) groups is 1. The first-order valence-electron chi connectivity index (χ1n) is 4.99. The van der Waals surface area contributed by atoms with Crippen molar-refractivity contribution in [1.29, 1.82) is 0 Å². The smallest absolute Gasteiger partial charge is 0.322 e. The zero-order valence-electron chi connectivity index (χ0n) is 9.02. The lowest BCUT2D eigenvalue weighted by molar-refractivity contribution is -0.142. The van der Waals surface area contributed by atoms with Crippen LogP contribution >= 0.6 is 0 Å². The number of esters is 1. The summed E-state index contributed by atoms with van der Waals surface area (Å²) in [5, 5.41) is 2.97. The van der Waals surface area contributed by atoms with Gasteiger partial charge in [-0.15, -0.1) is 0 Å². The summed E-state index contributed by atoms with van der Waals surface area (Å²) in [7, 11) is -1.61.